The van der Waals surface area contributed by atoms with E-state index in [1.165, 1.54) is 15.6 Å². The lowest BCUT2D eigenvalue weighted by Crippen LogP contribution is -2.27. The molecular formula is C19H24N2O4S2. The minimum atomic E-state index is -3.41. The standard InChI is InChI=1S/C19H24N2O4S2/c1-20(14-15-5-7-16(25-2)8-6-15)18(22)13-17-9-10-19(26-17)27(23,24)21-11-3-4-12-21/h5-10H,3-4,11-14H2,1-2H3. The zero-order chi connectivity index (χ0) is 19.4. The summed E-state index contributed by atoms with van der Waals surface area (Å²) in [4.78, 5) is 14.9. The Morgan fingerprint density at radius 3 is 2.44 bits per heavy atom. The third kappa shape index (κ3) is 4.69. The predicted molar refractivity (Wildman–Crippen MR) is 105 cm³/mol. The van der Waals surface area contributed by atoms with Crippen molar-refractivity contribution >= 4 is 27.3 Å². The smallest absolute Gasteiger partial charge is 0.252 e. The summed E-state index contributed by atoms with van der Waals surface area (Å²) in [6.45, 7) is 1.66. The monoisotopic (exact) mass is 408 g/mol. The summed E-state index contributed by atoms with van der Waals surface area (Å²) >= 11 is 1.19. The highest BCUT2D eigenvalue weighted by atomic mass is 32.2. The van der Waals surface area contributed by atoms with E-state index < -0.39 is 10.0 Å². The zero-order valence-electron chi connectivity index (χ0n) is 15.6. The molecule has 27 heavy (non-hydrogen) atoms. The molecule has 1 aliphatic rings. The highest BCUT2D eigenvalue weighted by Crippen LogP contribution is 2.27. The zero-order valence-corrected chi connectivity index (χ0v) is 17.2. The summed E-state index contributed by atoms with van der Waals surface area (Å²) in [5, 5.41) is 0. The number of carbonyl (C=O) groups excluding carboxylic acids is 1. The number of likely N-dealkylation sites (N-methyl/N-ethyl adjacent to an activating group) is 1. The number of carbonyl (C=O) groups is 1. The Morgan fingerprint density at radius 1 is 1.15 bits per heavy atom. The third-order valence-corrected chi connectivity index (χ3v) is 8.08. The molecule has 0 N–H and O–H groups in total. The van der Waals surface area contributed by atoms with E-state index in [-0.39, 0.29) is 12.3 Å². The summed E-state index contributed by atoms with van der Waals surface area (Å²) in [5.41, 5.74) is 1.01. The van der Waals surface area contributed by atoms with Gasteiger partial charge in [0, 0.05) is 31.6 Å². The minimum absolute atomic E-state index is 0.0437. The molecule has 0 bridgehead atoms. The average molecular weight is 409 g/mol. The van der Waals surface area contributed by atoms with Crippen molar-refractivity contribution < 1.29 is 17.9 Å². The molecule has 3 rings (SSSR count). The Balaban J connectivity index is 1.61. The van der Waals surface area contributed by atoms with E-state index in [0.717, 1.165) is 29.0 Å². The first kappa shape index (κ1) is 19.9. The molecule has 1 aromatic carbocycles. The van der Waals surface area contributed by atoms with Gasteiger partial charge in [0.25, 0.3) is 10.0 Å². The predicted octanol–water partition coefficient (Wildman–Crippen LogP) is 2.74. The van der Waals surface area contributed by atoms with Gasteiger partial charge < -0.3 is 9.64 Å². The molecular weight excluding hydrogens is 384 g/mol. The van der Waals surface area contributed by atoms with E-state index in [4.69, 9.17) is 4.74 Å². The van der Waals surface area contributed by atoms with Crippen molar-refractivity contribution in [3.8, 4) is 5.75 Å². The number of thiophene rings is 1. The number of hydrogen-bond donors (Lipinski definition) is 0. The van der Waals surface area contributed by atoms with Gasteiger partial charge in [0.15, 0.2) is 0 Å². The van der Waals surface area contributed by atoms with E-state index >= 15 is 0 Å². The molecule has 0 radical (unpaired) electrons. The molecule has 1 aromatic heterocycles. The highest BCUT2D eigenvalue weighted by Gasteiger charge is 2.28. The lowest BCUT2D eigenvalue weighted by atomic mass is 10.2. The van der Waals surface area contributed by atoms with Crippen molar-refractivity contribution in [2.24, 2.45) is 0 Å². The normalized spacial score (nSPS) is 15.0. The summed E-state index contributed by atoms with van der Waals surface area (Å²) in [7, 11) is -0.0470. The van der Waals surface area contributed by atoms with Crippen LogP contribution in [0.25, 0.3) is 0 Å². The van der Waals surface area contributed by atoms with Crippen molar-refractivity contribution in [3.63, 3.8) is 0 Å². The molecule has 1 saturated heterocycles. The second-order valence-electron chi connectivity index (χ2n) is 6.61. The number of ether oxygens (including phenoxy) is 1. The molecule has 6 nitrogen and oxygen atoms in total. The third-order valence-electron chi connectivity index (χ3n) is 4.63. The number of hydrogen-bond acceptors (Lipinski definition) is 5. The van der Waals surface area contributed by atoms with Crippen molar-refractivity contribution in [3.05, 3.63) is 46.8 Å². The van der Waals surface area contributed by atoms with Crippen LogP contribution in [0.3, 0.4) is 0 Å². The Bertz CT molecular complexity index is 885. The van der Waals surface area contributed by atoms with E-state index in [1.807, 2.05) is 24.3 Å². The van der Waals surface area contributed by atoms with Crippen molar-refractivity contribution in [1.82, 2.24) is 9.21 Å². The molecule has 1 fully saturated rings. The first-order valence-electron chi connectivity index (χ1n) is 8.86. The second-order valence-corrected chi connectivity index (χ2v) is 9.94. The van der Waals surface area contributed by atoms with E-state index in [1.54, 1.807) is 31.2 Å². The van der Waals surface area contributed by atoms with Crippen molar-refractivity contribution in [1.29, 1.82) is 0 Å². The largest absolute Gasteiger partial charge is 0.497 e. The molecule has 1 amide bonds. The lowest BCUT2D eigenvalue weighted by Gasteiger charge is -2.17. The summed E-state index contributed by atoms with van der Waals surface area (Å²) in [6.07, 6.45) is 2.02. The maximum Gasteiger partial charge on any atom is 0.252 e. The van der Waals surface area contributed by atoms with Crippen LogP contribution in [-0.4, -0.2) is 50.8 Å². The molecule has 0 spiro atoms. The van der Waals surface area contributed by atoms with Gasteiger partial charge >= 0.3 is 0 Å². The van der Waals surface area contributed by atoms with Crippen LogP contribution in [0.15, 0.2) is 40.6 Å². The van der Waals surface area contributed by atoms with Gasteiger partial charge in [-0.25, -0.2) is 8.42 Å². The van der Waals surface area contributed by atoms with Gasteiger partial charge in [-0.2, -0.15) is 4.31 Å². The van der Waals surface area contributed by atoms with Gasteiger partial charge in [-0.3, -0.25) is 4.79 Å². The Kier molecular flexibility index (Phi) is 6.18. The van der Waals surface area contributed by atoms with Crippen LogP contribution in [0.5, 0.6) is 5.75 Å². The quantitative estimate of drug-likeness (QED) is 0.707. The fourth-order valence-corrected chi connectivity index (χ4v) is 6.04. The number of methoxy groups -OCH3 is 1. The van der Waals surface area contributed by atoms with Crippen molar-refractivity contribution in [2.45, 2.75) is 30.0 Å². The molecule has 1 aliphatic heterocycles. The van der Waals surface area contributed by atoms with Gasteiger partial charge in [0.05, 0.1) is 13.5 Å². The maximum absolute atomic E-state index is 12.6. The molecule has 0 saturated carbocycles. The number of nitrogens with zero attached hydrogens (tertiary/aromatic N) is 2. The molecule has 0 unspecified atom stereocenters. The van der Waals surface area contributed by atoms with Gasteiger partial charge in [-0.15, -0.1) is 11.3 Å². The molecule has 2 heterocycles. The minimum Gasteiger partial charge on any atom is -0.497 e. The first-order valence-corrected chi connectivity index (χ1v) is 11.1. The van der Waals surface area contributed by atoms with Crippen LogP contribution in [0.4, 0.5) is 0 Å². The fraction of sp³-hybridized carbons (Fsp3) is 0.421. The van der Waals surface area contributed by atoms with Gasteiger partial charge in [-0.1, -0.05) is 12.1 Å². The summed E-state index contributed by atoms with van der Waals surface area (Å²) in [5.74, 6) is 0.732. The van der Waals surface area contributed by atoms with Gasteiger partial charge in [0.1, 0.15) is 9.96 Å². The summed E-state index contributed by atoms with van der Waals surface area (Å²) < 4.78 is 32.2. The molecule has 0 atom stereocenters. The number of rotatable bonds is 7. The number of sulfonamides is 1. The maximum atomic E-state index is 12.6. The van der Waals surface area contributed by atoms with Crippen molar-refractivity contribution in [2.75, 3.05) is 27.2 Å². The molecule has 8 heteroatoms. The van der Waals surface area contributed by atoms with Crippen LogP contribution < -0.4 is 4.74 Å². The van der Waals surface area contributed by atoms with E-state index in [0.29, 0.717) is 23.8 Å². The van der Waals surface area contributed by atoms with Crippen LogP contribution >= 0.6 is 11.3 Å². The second kappa shape index (κ2) is 8.41. The number of benzene rings is 1. The van der Waals surface area contributed by atoms with Crippen LogP contribution in [0.1, 0.15) is 23.3 Å². The molecule has 146 valence electrons. The topological polar surface area (TPSA) is 66.9 Å². The van der Waals surface area contributed by atoms with Gasteiger partial charge in [-0.05, 0) is 42.7 Å². The van der Waals surface area contributed by atoms with Crippen LogP contribution in [0.2, 0.25) is 0 Å². The molecule has 0 aliphatic carbocycles. The van der Waals surface area contributed by atoms with Crippen LogP contribution in [-0.2, 0) is 27.8 Å². The van der Waals surface area contributed by atoms with Crippen LogP contribution in [0, 0.1) is 0 Å². The Morgan fingerprint density at radius 2 is 1.81 bits per heavy atom. The fourth-order valence-electron chi connectivity index (χ4n) is 3.02. The summed E-state index contributed by atoms with van der Waals surface area (Å²) in [6, 6.07) is 10.9. The Hall–Kier alpha value is -1.90. The first-order chi connectivity index (χ1) is 12.9. The van der Waals surface area contributed by atoms with Gasteiger partial charge in [0.2, 0.25) is 5.91 Å². The Labute approximate surface area is 164 Å². The molecule has 2 aromatic rings. The highest BCUT2D eigenvalue weighted by molar-refractivity contribution is 7.91. The van der Waals surface area contributed by atoms with E-state index in [2.05, 4.69) is 0 Å². The van der Waals surface area contributed by atoms with E-state index in [9.17, 15) is 13.2 Å². The average Bonchev–Trinajstić information content (AvgIpc) is 3.35. The SMILES string of the molecule is COc1ccc(CN(C)C(=O)Cc2ccc(S(=O)(=O)N3CCCC3)s2)cc1. The number of amides is 1. The lowest BCUT2D eigenvalue weighted by molar-refractivity contribution is -0.129.